The van der Waals surface area contributed by atoms with Crippen molar-refractivity contribution >= 4 is 27.7 Å². The Hall–Kier alpha value is 0.830. The highest BCUT2D eigenvalue weighted by Gasteiger charge is 2.20. The van der Waals surface area contributed by atoms with Gasteiger partial charge in [-0.2, -0.15) is 11.8 Å². The van der Waals surface area contributed by atoms with Crippen LogP contribution in [-0.2, 0) is 0 Å². The molecule has 0 aromatic rings. The second-order valence-electron chi connectivity index (χ2n) is 2.57. The van der Waals surface area contributed by atoms with Crippen LogP contribution in [0.2, 0.25) is 0 Å². The Balaban J connectivity index is 2.30. The van der Waals surface area contributed by atoms with E-state index in [1.165, 1.54) is 25.7 Å². The minimum Gasteiger partial charge on any atom is -0.161 e. The van der Waals surface area contributed by atoms with Crippen molar-refractivity contribution in [3.63, 3.8) is 0 Å². The third kappa shape index (κ3) is 2.15. The molecule has 0 aromatic carbocycles. The van der Waals surface area contributed by atoms with E-state index in [1.807, 2.05) is 11.8 Å². The van der Waals surface area contributed by atoms with Crippen molar-refractivity contribution in [2.45, 2.75) is 35.8 Å². The van der Waals surface area contributed by atoms with Crippen LogP contribution in [0.5, 0.6) is 0 Å². The van der Waals surface area contributed by atoms with Gasteiger partial charge in [0.1, 0.15) is 0 Å². The fraction of sp³-hybridized carbons (Fsp3) is 1.00. The Morgan fingerprint density at radius 2 is 2.00 bits per heavy atom. The fourth-order valence-corrected chi connectivity index (χ4v) is 3.39. The third-order valence-corrected chi connectivity index (χ3v) is 4.54. The van der Waals surface area contributed by atoms with Crippen LogP contribution in [0.1, 0.15) is 25.7 Å². The molecule has 0 aromatic heterocycles. The molecule has 54 valence electrons. The van der Waals surface area contributed by atoms with Gasteiger partial charge in [-0.3, -0.25) is 0 Å². The molecule has 1 fully saturated rings. The summed E-state index contributed by atoms with van der Waals surface area (Å²) in [6.07, 6.45) is 7.87. The molecule has 2 heteroatoms. The van der Waals surface area contributed by atoms with Gasteiger partial charge in [-0.1, -0.05) is 28.8 Å². The Kier molecular flexibility index (Phi) is 3.41. The predicted octanol–water partition coefficient (Wildman–Crippen LogP) is 3.06. The second-order valence-corrected chi connectivity index (χ2v) is 4.83. The maximum Gasteiger partial charge on any atom is 0.0264 e. The molecule has 9 heavy (non-hydrogen) atoms. The summed E-state index contributed by atoms with van der Waals surface area (Å²) in [7, 11) is 0. The molecule has 1 aliphatic carbocycles. The smallest absolute Gasteiger partial charge is 0.0264 e. The standard InChI is InChI=1S/C7H13BrS/c1-9-7-5-3-2-4-6(7)8/h6-7H,2-5H2,1H3. The van der Waals surface area contributed by atoms with Gasteiger partial charge in [-0.25, -0.2) is 0 Å². The maximum atomic E-state index is 3.69. The largest absolute Gasteiger partial charge is 0.161 e. The number of halogens is 1. The van der Waals surface area contributed by atoms with Crippen LogP contribution in [-0.4, -0.2) is 16.3 Å². The summed E-state index contributed by atoms with van der Waals surface area (Å²) >= 11 is 5.70. The lowest BCUT2D eigenvalue weighted by molar-refractivity contribution is 0.533. The van der Waals surface area contributed by atoms with E-state index in [9.17, 15) is 0 Å². The van der Waals surface area contributed by atoms with Gasteiger partial charge in [0.15, 0.2) is 0 Å². The molecule has 1 rings (SSSR count). The zero-order valence-electron chi connectivity index (χ0n) is 5.77. The van der Waals surface area contributed by atoms with Crippen LogP contribution in [0.3, 0.4) is 0 Å². The van der Waals surface area contributed by atoms with E-state index in [2.05, 4.69) is 22.2 Å². The topological polar surface area (TPSA) is 0 Å². The van der Waals surface area contributed by atoms with Gasteiger partial charge >= 0.3 is 0 Å². The Labute approximate surface area is 69.9 Å². The molecule has 2 atom stereocenters. The van der Waals surface area contributed by atoms with Crippen molar-refractivity contribution in [3.8, 4) is 0 Å². The van der Waals surface area contributed by atoms with Crippen LogP contribution in [0.4, 0.5) is 0 Å². The van der Waals surface area contributed by atoms with Crippen molar-refractivity contribution < 1.29 is 0 Å². The van der Waals surface area contributed by atoms with Crippen molar-refractivity contribution in [2.75, 3.05) is 6.26 Å². The van der Waals surface area contributed by atoms with Gasteiger partial charge in [-0.05, 0) is 19.1 Å². The predicted molar refractivity (Wildman–Crippen MR) is 48.5 cm³/mol. The van der Waals surface area contributed by atoms with Crippen molar-refractivity contribution in [1.82, 2.24) is 0 Å². The average Bonchev–Trinajstić information content (AvgIpc) is 1.89. The zero-order valence-corrected chi connectivity index (χ0v) is 8.17. The lowest BCUT2D eigenvalue weighted by Gasteiger charge is -2.25. The Morgan fingerprint density at radius 3 is 2.44 bits per heavy atom. The normalized spacial score (nSPS) is 36.7. The summed E-state index contributed by atoms with van der Waals surface area (Å²) in [5, 5.41) is 0.888. The average molecular weight is 209 g/mol. The number of alkyl halides is 1. The van der Waals surface area contributed by atoms with Gasteiger partial charge in [0.05, 0.1) is 0 Å². The fourth-order valence-electron chi connectivity index (χ4n) is 1.32. The summed E-state index contributed by atoms with van der Waals surface area (Å²) in [5.41, 5.74) is 0. The molecule has 0 nitrogen and oxygen atoms in total. The van der Waals surface area contributed by atoms with E-state index in [-0.39, 0.29) is 0 Å². The van der Waals surface area contributed by atoms with Crippen molar-refractivity contribution in [3.05, 3.63) is 0 Å². The molecule has 0 saturated heterocycles. The maximum absolute atomic E-state index is 3.69. The molecule has 1 saturated carbocycles. The van der Waals surface area contributed by atoms with Crippen LogP contribution in [0.25, 0.3) is 0 Å². The molecule has 0 spiro atoms. The van der Waals surface area contributed by atoms with Gasteiger partial charge in [-0.15, -0.1) is 0 Å². The summed E-state index contributed by atoms with van der Waals surface area (Å²) in [4.78, 5) is 0.793. The molecule has 0 radical (unpaired) electrons. The number of hydrogen-bond donors (Lipinski definition) is 0. The van der Waals surface area contributed by atoms with Gasteiger partial charge in [0.2, 0.25) is 0 Å². The summed E-state index contributed by atoms with van der Waals surface area (Å²) in [6.45, 7) is 0. The van der Waals surface area contributed by atoms with Crippen molar-refractivity contribution in [2.24, 2.45) is 0 Å². The van der Waals surface area contributed by atoms with Crippen LogP contribution >= 0.6 is 27.7 Å². The van der Waals surface area contributed by atoms with Crippen molar-refractivity contribution in [1.29, 1.82) is 0 Å². The lowest BCUT2D eigenvalue weighted by atomic mass is 10.0. The third-order valence-electron chi connectivity index (χ3n) is 1.92. The number of hydrogen-bond acceptors (Lipinski definition) is 1. The Bertz CT molecular complexity index is 85.0. The highest BCUT2D eigenvalue weighted by atomic mass is 79.9. The van der Waals surface area contributed by atoms with Crippen LogP contribution in [0, 0.1) is 0 Å². The number of thioether (sulfide) groups is 1. The molecule has 2 unspecified atom stereocenters. The van der Waals surface area contributed by atoms with E-state index in [0.29, 0.717) is 0 Å². The molecular weight excluding hydrogens is 196 g/mol. The molecule has 1 aliphatic rings. The van der Waals surface area contributed by atoms with E-state index >= 15 is 0 Å². The van der Waals surface area contributed by atoms with E-state index in [0.717, 1.165) is 10.1 Å². The first-order valence-electron chi connectivity index (χ1n) is 3.51. The zero-order chi connectivity index (χ0) is 6.69. The molecule has 0 amide bonds. The van der Waals surface area contributed by atoms with E-state index in [4.69, 9.17) is 0 Å². The minimum absolute atomic E-state index is 0.793. The van der Waals surface area contributed by atoms with Crippen LogP contribution in [0.15, 0.2) is 0 Å². The highest BCUT2D eigenvalue weighted by molar-refractivity contribution is 9.09. The summed E-state index contributed by atoms with van der Waals surface area (Å²) < 4.78 is 0. The minimum atomic E-state index is 0.793. The first kappa shape index (κ1) is 7.93. The highest BCUT2D eigenvalue weighted by Crippen LogP contribution is 2.31. The van der Waals surface area contributed by atoms with Gasteiger partial charge < -0.3 is 0 Å². The quantitative estimate of drug-likeness (QED) is 0.598. The van der Waals surface area contributed by atoms with E-state index < -0.39 is 0 Å². The summed E-state index contributed by atoms with van der Waals surface area (Å²) in [5.74, 6) is 0. The molecule has 0 bridgehead atoms. The van der Waals surface area contributed by atoms with Gasteiger partial charge in [0.25, 0.3) is 0 Å². The SMILES string of the molecule is CSC1CCCCC1Br. The number of rotatable bonds is 1. The lowest BCUT2D eigenvalue weighted by Crippen LogP contribution is -2.20. The van der Waals surface area contributed by atoms with E-state index in [1.54, 1.807) is 0 Å². The Morgan fingerprint density at radius 1 is 1.33 bits per heavy atom. The molecule has 0 aliphatic heterocycles. The first-order valence-corrected chi connectivity index (χ1v) is 5.72. The van der Waals surface area contributed by atoms with Gasteiger partial charge in [0, 0.05) is 10.1 Å². The molecule has 0 heterocycles. The second kappa shape index (κ2) is 3.87. The monoisotopic (exact) mass is 208 g/mol. The molecular formula is C7H13BrS. The summed E-state index contributed by atoms with van der Waals surface area (Å²) in [6, 6.07) is 0. The molecule has 0 N–H and O–H groups in total. The van der Waals surface area contributed by atoms with Crippen LogP contribution < -0.4 is 0 Å². The first-order chi connectivity index (χ1) is 4.34.